The number of halogens is 1. The maximum atomic E-state index is 5.11. The number of nitrogens with one attached hydrogen (secondary N) is 1. The first-order valence-electron chi connectivity index (χ1n) is 7.99. The second kappa shape index (κ2) is 10.3. The van der Waals surface area contributed by atoms with E-state index in [4.69, 9.17) is 4.52 Å². The van der Waals surface area contributed by atoms with Crippen LogP contribution in [0.25, 0.3) is 0 Å². The van der Waals surface area contributed by atoms with Crippen molar-refractivity contribution >= 4 is 29.9 Å². The van der Waals surface area contributed by atoms with E-state index in [9.17, 15) is 0 Å². The highest BCUT2D eigenvalue weighted by atomic mass is 127. The van der Waals surface area contributed by atoms with Crippen molar-refractivity contribution in [2.45, 2.75) is 33.2 Å². The van der Waals surface area contributed by atoms with Crippen LogP contribution >= 0.6 is 24.0 Å². The zero-order valence-corrected chi connectivity index (χ0v) is 17.2. The normalized spacial score (nSPS) is 11.2. The van der Waals surface area contributed by atoms with Crippen LogP contribution in [0.1, 0.15) is 30.8 Å². The molecule has 24 heavy (non-hydrogen) atoms. The molecule has 7 nitrogen and oxygen atoms in total. The minimum absolute atomic E-state index is 0. The van der Waals surface area contributed by atoms with Crippen molar-refractivity contribution in [3.8, 4) is 0 Å². The Balaban J connectivity index is 0.00000288. The third kappa shape index (κ3) is 6.14. The van der Waals surface area contributed by atoms with Gasteiger partial charge in [-0.05, 0) is 32.4 Å². The highest BCUT2D eigenvalue weighted by Crippen LogP contribution is 2.04. The zero-order valence-electron chi connectivity index (χ0n) is 14.8. The van der Waals surface area contributed by atoms with Gasteiger partial charge < -0.3 is 19.3 Å². The molecule has 0 bridgehead atoms. The fourth-order valence-electron chi connectivity index (χ4n) is 2.31. The molecule has 134 valence electrons. The van der Waals surface area contributed by atoms with Gasteiger partial charge in [0.05, 0.1) is 6.54 Å². The smallest absolute Gasteiger partial charge is 0.226 e. The number of nitrogens with zero attached hydrogens (tertiary/aromatic N) is 5. The topological polar surface area (TPSA) is 71.5 Å². The van der Waals surface area contributed by atoms with Crippen molar-refractivity contribution in [2.24, 2.45) is 12.0 Å². The summed E-state index contributed by atoms with van der Waals surface area (Å²) in [6.45, 7) is 6.29. The van der Waals surface area contributed by atoms with Crippen molar-refractivity contribution in [1.82, 2.24) is 24.9 Å². The molecule has 0 saturated carbocycles. The number of aromatic nitrogens is 3. The van der Waals surface area contributed by atoms with E-state index < -0.39 is 0 Å². The molecule has 0 unspecified atom stereocenters. The van der Waals surface area contributed by atoms with Crippen LogP contribution in [-0.2, 0) is 20.0 Å². The van der Waals surface area contributed by atoms with Gasteiger partial charge in [0.1, 0.15) is 0 Å². The van der Waals surface area contributed by atoms with Gasteiger partial charge in [0.2, 0.25) is 5.89 Å². The van der Waals surface area contributed by atoms with Gasteiger partial charge in [-0.15, -0.1) is 24.0 Å². The molecule has 0 amide bonds. The summed E-state index contributed by atoms with van der Waals surface area (Å²) in [6, 6.07) is 4.18. The number of aliphatic imine (C=N–C) groups is 1. The molecule has 2 aromatic rings. The lowest BCUT2D eigenvalue weighted by atomic mass is 10.3. The van der Waals surface area contributed by atoms with E-state index >= 15 is 0 Å². The first-order chi connectivity index (χ1) is 11.1. The first kappa shape index (κ1) is 20.5. The number of hydrogen-bond donors (Lipinski definition) is 1. The molecule has 0 aromatic carbocycles. The van der Waals surface area contributed by atoms with Crippen molar-refractivity contribution in [3.63, 3.8) is 0 Å². The van der Waals surface area contributed by atoms with Crippen LogP contribution in [0, 0.1) is 6.92 Å². The van der Waals surface area contributed by atoms with Gasteiger partial charge in [0, 0.05) is 45.5 Å². The van der Waals surface area contributed by atoms with Crippen molar-refractivity contribution < 1.29 is 4.52 Å². The standard InChI is InChI=1S/C16H26N6O.HI/c1-5-17-16(22(4)12-14-8-7-11-21(14)3)18-10-6-9-15-19-13(2)20-23-15;/h7-8,11H,5-6,9-10,12H2,1-4H3,(H,17,18);1H. The predicted molar refractivity (Wildman–Crippen MR) is 106 cm³/mol. The molecule has 0 saturated heterocycles. The predicted octanol–water partition coefficient (Wildman–Crippen LogP) is 2.36. The monoisotopic (exact) mass is 446 g/mol. The summed E-state index contributed by atoms with van der Waals surface area (Å²) >= 11 is 0. The first-order valence-corrected chi connectivity index (χ1v) is 7.99. The lowest BCUT2D eigenvalue weighted by molar-refractivity contribution is 0.372. The van der Waals surface area contributed by atoms with Gasteiger partial charge in [-0.25, -0.2) is 0 Å². The zero-order chi connectivity index (χ0) is 16.7. The van der Waals surface area contributed by atoms with E-state index in [-0.39, 0.29) is 24.0 Å². The second-order valence-electron chi connectivity index (χ2n) is 5.54. The maximum absolute atomic E-state index is 5.11. The third-order valence-electron chi connectivity index (χ3n) is 3.53. The van der Waals surface area contributed by atoms with E-state index in [1.165, 1.54) is 5.69 Å². The Labute approximate surface area is 160 Å². The van der Waals surface area contributed by atoms with Crippen LogP contribution in [0.4, 0.5) is 0 Å². The minimum Gasteiger partial charge on any atom is -0.357 e. The van der Waals surface area contributed by atoms with Gasteiger partial charge in [-0.1, -0.05) is 5.16 Å². The van der Waals surface area contributed by atoms with Crippen LogP contribution in [-0.4, -0.2) is 45.7 Å². The fraction of sp³-hybridized carbons (Fsp3) is 0.562. The third-order valence-corrected chi connectivity index (χ3v) is 3.53. The van der Waals surface area contributed by atoms with Crippen LogP contribution in [0.2, 0.25) is 0 Å². The molecule has 2 rings (SSSR count). The Kier molecular flexibility index (Phi) is 8.80. The summed E-state index contributed by atoms with van der Waals surface area (Å²) < 4.78 is 7.23. The van der Waals surface area contributed by atoms with Crippen molar-refractivity contribution in [3.05, 3.63) is 35.7 Å². The summed E-state index contributed by atoms with van der Waals surface area (Å²) in [5.74, 6) is 2.27. The lowest BCUT2D eigenvalue weighted by Gasteiger charge is -2.22. The van der Waals surface area contributed by atoms with E-state index in [1.54, 1.807) is 0 Å². The molecule has 0 aliphatic rings. The molecule has 2 heterocycles. The average molecular weight is 446 g/mol. The van der Waals surface area contributed by atoms with E-state index in [2.05, 4.69) is 69.3 Å². The second-order valence-corrected chi connectivity index (χ2v) is 5.54. The van der Waals surface area contributed by atoms with E-state index in [0.717, 1.165) is 38.4 Å². The Morgan fingerprint density at radius 2 is 2.25 bits per heavy atom. The quantitative estimate of drug-likeness (QED) is 0.306. The molecule has 0 aliphatic heterocycles. The van der Waals surface area contributed by atoms with Gasteiger partial charge >= 0.3 is 0 Å². The summed E-state index contributed by atoms with van der Waals surface area (Å²) in [6.07, 6.45) is 3.69. The fourth-order valence-corrected chi connectivity index (χ4v) is 2.31. The van der Waals surface area contributed by atoms with Crippen LogP contribution < -0.4 is 5.32 Å². The van der Waals surface area contributed by atoms with Crippen molar-refractivity contribution in [2.75, 3.05) is 20.1 Å². The number of guanidine groups is 1. The Hall–Kier alpha value is -1.58. The molecule has 0 fully saturated rings. The highest BCUT2D eigenvalue weighted by molar-refractivity contribution is 14.0. The van der Waals surface area contributed by atoms with Crippen LogP contribution in [0.5, 0.6) is 0 Å². The van der Waals surface area contributed by atoms with Crippen LogP contribution in [0.3, 0.4) is 0 Å². The van der Waals surface area contributed by atoms with Gasteiger partial charge in [-0.3, -0.25) is 4.99 Å². The molecule has 0 radical (unpaired) electrons. The lowest BCUT2D eigenvalue weighted by Crippen LogP contribution is -2.38. The Morgan fingerprint density at radius 3 is 2.83 bits per heavy atom. The average Bonchev–Trinajstić information content (AvgIpc) is 3.11. The summed E-state index contributed by atoms with van der Waals surface area (Å²) in [5.41, 5.74) is 1.25. The number of rotatable bonds is 7. The molecule has 8 heteroatoms. The molecule has 2 aromatic heterocycles. The largest absolute Gasteiger partial charge is 0.357 e. The summed E-state index contributed by atoms with van der Waals surface area (Å²) in [4.78, 5) is 11.0. The Bertz CT molecular complexity index is 636. The molecule has 0 spiro atoms. The number of aryl methyl sites for hydroxylation is 3. The van der Waals surface area contributed by atoms with Crippen LogP contribution in [0.15, 0.2) is 27.8 Å². The summed E-state index contributed by atoms with van der Waals surface area (Å²) in [7, 11) is 4.11. The highest BCUT2D eigenvalue weighted by Gasteiger charge is 2.08. The Morgan fingerprint density at radius 1 is 1.46 bits per heavy atom. The molecule has 1 N–H and O–H groups in total. The van der Waals surface area contributed by atoms with Gasteiger partial charge in [0.25, 0.3) is 0 Å². The van der Waals surface area contributed by atoms with E-state index in [1.807, 2.05) is 6.92 Å². The van der Waals surface area contributed by atoms with Gasteiger partial charge in [-0.2, -0.15) is 4.98 Å². The van der Waals surface area contributed by atoms with Crippen molar-refractivity contribution in [1.29, 1.82) is 0 Å². The van der Waals surface area contributed by atoms with Gasteiger partial charge in [0.15, 0.2) is 11.8 Å². The molecular weight excluding hydrogens is 419 g/mol. The molecular formula is C16H27IN6O. The maximum Gasteiger partial charge on any atom is 0.226 e. The molecule has 0 aliphatic carbocycles. The minimum atomic E-state index is 0. The molecule has 0 atom stereocenters. The van der Waals surface area contributed by atoms with E-state index in [0.29, 0.717) is 11.7 Å². The number of hydrogen-bond acceptors (Lipinski definition) is 4. The summed E-state index contributed by atoms with van der Waals surface area (Å²) in [5, 5.41) is 7.13. The SMILES string of the molecule is CCNC(=NCCCc1nc(C)no1)N(C)Cc1cccn1C.I.